The second kappa shape index (κ2) is 6.41. The first-order chi connectivity index (χ1) is 12.0. The highest BCUT2D eigenvalue weighted by atomic mass is 32.2. The molecular formula is C16H17N3O4S2. The molecule has 1 atom stereocenters. The van der Waals surface area contributed by atoms with Crippen molar-refractivity contribution in [3.63, 3.8) is 0 Å². The van der Waals surface area contributed by atoms with Gasteiger partial charge in [0.2, 0.25) is 5.09 Å². The minimum Gasteiger partial charge on any atom is -0.442 e. The molecule has 1 aliphatic carbocycles. The molecule has 0 amide bonds. The van der Waals surface area contributed by atoms with Crippen LogP contribution in [0.5, 0.6) is 0 Å². The van der Waals surface area contributed by atoms with Gasteiger partial charge in [0.15, 0.2) is 5.76 Å². The standard InChI is InChI=1S/C16H17N3O4S2/c20-11-8-10(9-11)16(14-2-1-7-24-14)19-25(21,22)15-4-3-13(23-15)12-5-6-17-18-12/h1-7,10-11,16,19-20H,8-9H2,(H,17,18)/t10?,11?,16-/m1/s1. The largest absolute Gasteiger partial charge is 0.442 e. The van der Waals surface area contributed by atoms with Crippen LogP contribution in [0.2, 0.25) is 0 Å². The molecule has 3 aromatic heterocycles. The van der Waals surface area contributed by atoms with E-state index in [0.29, 0.717) is 24.3 Å². The number of thiophene rings is 1. The van der Waals surface area contributed by atoms with Crippen molar-refractivity contribution < 1.29 is 17.9 Å². The molecule has 25 heavy (non-hydrogen) atoms. The summed E-state index contributed by atoms with van der Waals surface area (Å²) in [6.45, 7) is 0. The third kappa shape index (κ3) is 3.28. The van der Waals surface area contributed by atoms with Crippen molar-refractivity contribution in [2.75, 3.05) is 0 Å². The SMILES string of the molecule is O=S(=O)(N[C@@H](c1cccs1)C1CC(O)C1)c1ccc(-c2ccn[nH]2)o1. The molecule has 132 valence electrons. The Labute approximate surface area is 148 Å². The normalized spacial score (nSPS) is 21.8. The monoisotopic (exact) mass is 379 g/mol. The number of nitrogens with zero attached hydrogens (tertiary/aromatic N) is 1. The third-order valence-corrected chi connectivity index (χ3v) is 6.63. The van der Waals surface area contributed by atoms with Crippen LogP contribution in [0.1, 0.15) is 23.8 Å². The first-order valence-corrected chi connectivity index (χ1v) is 10.2. The molecule has 1 saturated carbocycles. The molecule has 3 heterocycles. The van der Waals surface area contributed by atoms with Crippen LogP contribution < -0.4 is 4.72 Å². The van der Waals surface area contributed by atoms with Gasteiger partial charge in [0.1, 0.15) is 5.69 Å². The minimum atomic E-state index is -3.82. The molecule has 7 nitrogen and oxygen atoms in total. The number of hydrogen-bond donors (Lipinski definition) is 3. The van der Waals surface area contributed by atoms with E-state index in [-0.39, 0.29) is 23.2 Å². The van der Waals surface area contributed by atoms with Crippen LogP contribution in [0.4, 0.5) is 0 Å². The molecule has 0 saturated heterocycles. The molecule has 1 aliphatic rings. The summed E-state index contributed by atoms with van der Waals surface area (Å²) in [4.78, 5) is 0.931. The number of aromatic nitrogens is 2. The fraction of sp³-hybridized carbons (Fsp3) is 0.312. The Morgan fingerprint density at radius 1 is 1.32 bits per heavy atom. The average Bonchev–Trinajstić information content (AvgIpc) is 3.31. The van der Waals surface area contributed by atoms with E-state index in [1.807, 2.05) is 17.5 Å². The van der Waals surface area contributed by atoms with Crippen molar-refractivity contribution in [3.8, 4) is 11.5 Å². The maximum absolute atomic E-state index is 12.8. The summed E-state index contributed by atoms with van der Waals surface area (Å²) in [5.41, 5.74) is 0.610. The molecule has 9 heteroatoms. The average molecular weight is 379 g/mol. The fourth-order valence-corrected chi connectivity index (χ4v) is 5.15. The molecular weight excluding hydrogens is 362 g/mol. The Morgan fingerprint density at radius 2 is 2.16 bits per heavy atom. The van der Waals surface area contributed by atoms with E-state index in [2.05, 4.69) is 14.9 Å². The van der Waals surface area contributed by atoms with Gasteiger partial charge in [-0.2, -0.15) is 9.82 Å². The first-order valence-electron chi connectivity index (χ1n) is 7.86. The van der Waals surface area contributed by atoms with Crippen LogP contribution >= 0.6 is 11.3 Å². The summed E-state index contributed by atoms with van der Waals surface area (Å²) >= 11 is 1.50. The number of hydrogen-bond acceptors (Lipinski definition) is 6. The van der Waals surface area contributed by atoms with E-state index >= 15 is 0 Å². The molecule has 3 aromatic rings. The zero-order valence-electron chi connectivity index (χ0n) is 13.1. The highest BCUT2D eigenvalue weighted by Crippen LogP contribution is 2.40. The Morgan fingerprint density at radius 3 is 2.80 bits per heavy atom. The van der Waals surface area contributed by atoms with Crippen LogP contribution in [0.15, 0.2) is 51.4 Å². The van der Waals surface area contributed by atoms with Crippen LogP contribution in [0.3, 0.4) is 0 Å². The molecule has 0 aromatic carbocycles. The van der Waals surface area contributed by atoms with Crippen LogP contribution in [0, 0.1) is 5.92 Å². The minimum absolute atomic E-state index is 0.0745. The lowest BCUT2D eigenvalue weighted by atomic mass is 9.77. The van der Waals surface area contributed by atoms with E-state index < -0.39 is 10.0 Å². The summed E-state index contributed by atoms with van der Waals surface area (Å²) in [6.07, 6.45) is 2.39. The van der Waals surface area contributed by atoms with Crippen molar-refractivity contribution in [1.82, 2.24) is 14.9 Å². The number of rotatable bonds is 6. The summed E-state index contributed by atoms with van der Waals surface area (Å²) in [5.74, 6) is 0.482. The topological polar surface area (TPSA) is 108 Å². The van der Waals surface area contributed by atoms with Gasteiger partial charge < -0.3 is 9.52 Å². The second-order valence-corrected chi connectivity index (χ2v) is 8.71. The smallest absolute Gasteiger partial charge is 0.274 e. The lowest BCUT2D eigenvalue weighted by Crippen LogP contribution is -2.41. The van der Waals surface area contributed by atoms with Crippen molar-refractivity contribution in [2.24, 2.45) is 5.92 Å². The Bertz CT molecular complexity index is 926. The van der Waals surface area contributed by atoms with Gasteiger partial charge in [0.05, 0.1) is 12.1 Å². The highest BCUT2D eigenvalue weighted by Gasteiger charge is 2.38. The number of aromatic amines is 1. The Balaban J connectivity index is 1.59. The molecule has 0 unspecified atom stereocenters. The lowest BCUT2D eigenvalue weighted by molar-refractivity contribution is 0.0285. The van der Waals surface area contributed by atoms with Crippen LogP contribution in [-0.4, -0.2) is 29.8 Å². The second-order valence-electron chi connectivity index (χ2n) is 6.09. The summed E-state index contributed by atoms with van der Waals surface area (Å²) in [7, 11) is -3.82. The van der Waals surface area contributed by atoms with E-state index in [1.54, 1.807) is 18.3 Å². The fourth-order valence-electron chi connectivity index (χ4n) is 2.98. The first kappa shape index (κ1) is 16.5. The molecule has 0 bridgehead atoms. The van der Waals surface area contributed by atoms with Gasteiger partial charge in [0, 0.05) is 11.1 Å². The van der Waals surface area contributed by atoms with Crippen molar-refractivity contribution in [2.45, 2.75) is 30.1 Å². The zero-order chi connectivity index (χ0) is 17.4. The number of H-pyrrole nitrogens is 1. The predicted octanol–water partition coefficient (Wildman–Crippen LogP) is 2.52. The number of sulfonamides is 1. The molecule has 0 radical (unpaired) electrons. The quantitative estimate of drug-likeness (QED) is 0.610. The molecule has 4 rings (SSSR count). The Kier molecular flexibility index (Phi) is 4.24. The van der Waals surface area contributed by atoms with E-state index in [0.717, 1.165) is 4.88 Å². The summed E-state index contributed by atoms with van der Waals surface area (Å²) < 4.78 is 33.8. The molecule has 1 fully saturated rings. The maximum atomic E-state index is 12.8. The van der Waals surface area contributed by atoms with Crippen LogP contribution in [-0.2, 0) is 10.0 Å². The summed E-state index contributed by atoms with van der Waals surface area (Å²) in [6, 6.07) is 8.15. The zero-order valence-corrected chi connectivity index (χ0v) is 14.8. The predicted molar refractivity (Wildman–Crippen MR) is 92.4 cm³/mol. The van der Waals surface area contributed by atoms with E-state index in [9.17, 15) is 13.5 Å². The van der Waals surface area contributed by atoms with Crippen molar-refractivity contribution in [1.29, 1.82) is 0 Å². The van der Waals surface area contributed by atoms with Gasteiger partial charge in [-0.05, 0) is 48.4 Å². The van der Waals surface area contributed by atoms with Crippen LogP contribution in [0.25, 0.3) is 11.5 Å². The highest BCUT2D eigenvalue weighted by molar-refractivity contribution is 7.89. The van der Waals surface area contributed by atoms with Gasteiger partial charge in [-0.3, -0.25) is 5.10 Å². The lowest BCUT2D eigenvalue weighted by Gasteiger charge is -2.37. The maximum Gasteiger partial charge on any atom is 0.274 e. The van der Waals surface area contributed by atoms with Gasteiger partial charge in [-0.1, -0.05) is 6.07 Å². The summed E-state index contributed by atoms with van der Waals surface area (Å²) in [5, 5.41) is 17.9. The van der Waals surface area contributed by atoms with Crippen molar-refractivity contribution in [3.05, 3.63) is 46.8 Å². The van der Waals surface area contributed by atoms with Gasteiger partial charge in [0.25, 0.3) is 10.0 Å². The number of furan rings is 1. The van der Waals surface area contributed by atoms with E-state index in [4.69, 9.17) is 4.42 Å². The number of aliphatic hydroxyl groups excluding tert-OH is 1. The molecule has 3 N–H and O–H groups in total. The Hall–Kier alpha value is -1.94. The number of nitrogens with one attached hydrogen (secondary N) is 2. The molecule has 0 spiro atoms. The molecule has 0 aliphatic heterocycles. The van der Waals surface area contributed by atoms with Gasteiger partial charge >= 0.3 is 0 Å². The van der Waals surface area contributed by atoms with Gasteiger partial charge in [-0.25, -0.2) is 8.42 Å². The van der Waals surface area contributed by atoms with Crippen molar-refractivity contribution >= 4 is 21.4 Å². The van der Waals surface area contributed by atoms with Gasteiger partial charge in [-0.15, -0.1) is 11.3 Å². The third-order valence-electron chi connectivity index (χ3n) is 4.37. The van der Waals surface area contributed by atoms with E-state index in [1.165, 1.54) is 17.4 Å². The number of aliphatic hydroxyl groups is 1.